The second kappa shape index (κ2) is 7.49. The van der Waals surface area contributed by atoms with Crippen LogP contribution in [-0.2, 0) is 4.57 Å². The molecule has 5 N–H and O–H groups in total. The van der Waals surface area contributed by atoms with Crippen molar-refractivity contribution in [3.63, 3.8) is 0 Å². The van der Waals surface area contributed by atoms with E-state index in [1.54, 1.807) is 0 Å². The van der Waals surface area contributed by atoms with Crippen LogP contribution in [0, 0.1) is 0 Å². The summed E-state index contributed by atoms with van der Waals surface area (Å²) in [5.74, 6) is 0. The van der Waals surface area contributed by atoms with Crippen LogP contribution in [0.25, 0.3) is 0 Å². The topological polar surface area (TPSA) is 135 Å². The van der Waals surface area contributed by atoms with Gasteiger partial charge in [0.2, 0.25) is 0 Å². The second-order valence-electron chi connectivity index (χ2n) is 0.796. The Morgan fingerprint density at radius 1 is 1.10 bits per heavy atom. The van der Waals surface area contributed by atoms with Crippen LogP contribution in [0.1, 0.15) is 0 Å². The number of carbonyl (C=O) groups is 1. The van der Waals surface area contributed by atoms with Gasteiger partial charge in [-0.15, -0.1) is 0 Å². The van der Waals surface area contributed by atoms with E-state index in [1.165, 1.54) is 0 Å². The molecule has 0 heterocycles. The first kappa shape index (κ1) is 16.8. The SMILES string of the molecule is O=C(O)O.O=P(O)(O)O.[NaH]. The fraction of sp³-hybridized carbons (Fsp3) is 0. The van der Waals surface area contributed by atoms with E-state index in [1.807, 2.05) is 0 Å². The van der Waals surface area contributed by atoms with Gasteiger partial charge in [0.05, 0.1) is 0 Å². The first-order chi connectivity index (χ1) is 3.73. The molecule has 0 aliphatic rings. The van der Waals surface area contributed by atoms with E-state index in [9.17, 15) is 0 Å². The van der Waals surface area contributed by atoms with Crippen LogP contribution in [0.5, 0.6) is 0 Å². The van der Waals surface area contributed by atoms with Crippen molar-refractivity contribution in [1.82, 2.24) is 0 Å². The Morgan fingerprint density at radius 2 is 1.10 bits per heavy atom. The third kappa shape index (κ3) is 3160. The quantitative estimate of drug-likeness (QED) is 0.232. The van der Waals surface area contributed by atoms with Gasteiger partial charge in [-0.05, 0) is 0 Å². The van der Waals surface area contributed by atoms with Gasteiger partial charge in [-0.2, -0.15) is 0 Å². The van der Waals surface area contributed by atoms with Gasteiger partial charge in [-0.25, -0.2) is 9.36 Å². The zero-order valence-corrected chi connectivity index (χ0v) is 4.89. The molecule has 0 aliphatic carbocycles. The van der Waals surface area contributed by atoms with Crippen molar-refractivity contribution in [1.29, 1.82) is 0 Å². The van der Waals surface area contributed by atoms with Crippen molar-refractivity contribution in [2.75, 3.05) is 0 Å². The molecule has 10 heavy (non-hydrogen) atoms. The maximum absolute atomic E-state index is 8.88. The maximum atomic E-state index is 8.88. The predicted molar refractivity (Wildman–Crippen MR) is 32.1 cm³/mol. The molecule has 58 valence electrons. The molecule has 0 aromatic rings. The molecule has 0 atom stereocenters. The third-order valence-corrected chi connectivity index (χ3v) is 0. The molecule has 9 heteroatoms. The van der Waals surface area contributed by atoms with Gasteiger partial charge in [0.1, 0.15) is 0 Å². The summed E-state index contributed by atoms with van der Waals surface area (Å²) in [7, 11) is -4.64. The van der Waals surface area contributed by atoms with Crippen LogP contribution in [-0.4, -0.2) is 60.6 Å². The van der Waals surface area contributed by atoms with Crippen LogP contribution < -0.4 is 0 Å². The summed E-state index contributed by atoms with van der Waals surface area (Å²) in [5, 5.41) is 13.9. The first-order valence-corrected chi connectivity index (χ1v) is 3.00. The Balaban J connectivity index is -0.0000000910. The first-order valence-electron chi connectivity index (χ1n) is 1.43. The summed E-state index contributed by atoms with van der Waals surface area (Å²) in [6, 6.07) is 0. The molecule has 0 spiro atoms. The van der Waals surface area contributed by atoms with Crippen molar-refractivity contribution in [3.8, 4) is 0 Å². The standard InChI is InChI=1S/CH2O3.Na.H3O4P.H/c2-1(3)4;;1-5(2,3)4;/h(H2,2,3,4);;(H3,1,2,3,4);. The molecule has 0 aromatic carbocycles. The van der Waals surface area contributed by atoms with E-state index in [4.69, 9.17) is 34.3 Å². The Kier molecular flexibility index (Phi) is 12.6. The van der Waals surface area contributed by atoms with Crippen molar-refractivity contribution >= 4 is 43.5 Å². The molecular formula is CH6NaO7P. The number of carboxylic acid groups (broad SMARTS) is 2. The van der Waals surface area contributed by atoms with E-state index in [0.29, 0.717) is 0 Å². The van der Waals surface area contributed by atoms with Crippen molar-refractivity contribution in [3.05, 3.63) is 0 Å². The Bertz CT molecular complexity index is 113. The van der Waals surface area contributed by atoms with Crippen LogP contribution in [0.2, 0.25) is 0 Å². The van der Waals surface area contributed by atoms with Crippen LogP contribution in [0.15, 0.2) is 0 Å². The molecule has 0 amide bonds. The van der Waals surface area contributed by atoms with Gasteiger partial charge in [0.15, 0.2) is 0 Å². The number of hydrogen-bond acceptors (Lipinski definition) is 2. The second-order valence-corrected chi connectivity index (χ2v) is 1.82. The fourth-order valence-corrected chi connectivity index (χ4v) is 0. The van der Waals surface area contributed by atoms with Gasteiger partial charge in [-0.3, -0.25) is 0 Å². The van der Waals surface area contributed by atoms with E-state index in [-0.39, 0.29) is 29.6 Å². The summed E-state index contributed by atoms with van der Waals surface area (Å²) < 4.78 is 8.88. The summed E-state index contributed by atoms with van der Waals surface area (Å²) in [6.07, 6.45) is -1.83. The summed E-state index contributed by atoms with van der Waals surface area (Å²) in [6.45, 7) is 0. The van der Waals surface area contributed by atoms with E-state index < -0.39 is 14.0 Å². The van der Waals surface area contributed by atoms with Gasteiger partial charge in [0, 0.05) is 0 Å². The Labute approximate surface area is 77.8 Å². The molecule has 7 nitrogen and oxygen atoms in total. The predicted octanol–water partition coefficient (Wildman–Crippen LogP) is -1.35. The van der Waals surface area contributed by atoms with Gasteiger partial charge in [-0.1, -0.05) is 0 Å². The van der Waals surface area contributed by atoms with E-state index in [2.05, 4.69) is 0 Å². The van der Waals surface area contributed by atoms with Gasteiger partial charge < -0.3 is 24.9 Å². The van der Waals surface area contributed by atoms with Crippen LogP contribution in [0.3, 0.4) is 0 Å². The van der Waals surface area contributed by atoms with E-state index >= 15 is 0 Å². The molecular weight excluding hydrogens is 178 g/mol. The molecule has 0 bridgehead atoms. The minimum absolute atomic E-state index is 0. The van der Waals surface area contributed by atoms with Gasteiger partial charge >= 0.3 is 43.5 Å². The fourth-order valence-electron chi connectivity index (χ4n) is 0. The Morgan fingerprint density at radius 3 is 1.10 bits per heavy atom. The molecule has 0 saturated heterocycles. The Hall–Kier alpha value is 0.380. The minimum atomic E-state index is -4.64. The molecule has 0 aliphatic heterocycles. The number of hydrogen-bond donors (Lipinski definition) is 5. The number of phosphoric acid groups is 1. The molecule has 0 unspecified atom stereocenters. The van der Waals surface area contributed by atoms with Gasteiger partial charge in [0.25, 0.3) is 0 Å². The molecule has 0 saturated carbocycles. The van der Waals surface area contributed by atoms with E-state index in [0.717, 1.165) is 0 Å². The van der Waals surface area contributed by atoms with Crippen molar-refractivity contribution in [2.45, 2.75) is 0 Å². The monoisotopic (exact) mass is 184 g/mol. The normalized spacial score (nSPS) is 8.30. The average Bonchev–Trinajstić information content (AvgIpc) is 1.19. The van der Waals surface area contributed by atoms with Crippen molar-refractivity contribution < 1.29 is 34.3 Å². The molecule has 0 rings (SSSR count). The summed E-state index contributed by atoms with van der Waals surface area (Å²) in [4.78, 5) is 30.1. The number of rotatable bonds is 0. The summed E-state index contributed by atoms with van der Waals surface area (Å²) in [5.41, 5.74) is 0. The molecule has 0 radical (unpaired) electrons. The van der Waals surface area contributed by atoms with Crippen LogP contribution in [0.4, 0.5) is 4.79 Å². The summed E-state index contributed by atoms with van der Waals surface area (Å²) >= 11 is 0. The molecule has 0 aromatic heterocycles. The van der Waals surface area contributed by atoms with Crippen LogP contribution >= 0.6 is 7.82 Å². The third-order valence-electron chi connectivity index (χ3n) is 0. The zero-order chi connectivity index (χ0) is 8.08. The molecule has 0 fully saturated rings. The average molecular weight is 184 g/mol. The van der Waals surface area contributed by atoms with Crippen molar-refractivity contribution in [2.24, 2.45) is 0 Å². The zero-order valence-electron chi connectivity index (χ0n) is 4.00.